The molecule has 0 bridgehead atoms. The van der Waals surface area contributed by atoms with E-state index in [1.54, 1.807) is 19.9 Å². The van der Waals surface area contributed by atoms with Crippen LogP contribution in [0.5, 0.6) is 5.75 Å². The van der Waals surface area contributed by atoms with Crippen LogP contribution < -0.4 is 10.1 Å². The van der Waals surface area contributed by atoms with Crippen LogP contribution in [0, 0.1) is 6.92 Å². The van der Waals surface area contributed by atoms with Crippen LogP contribution in [0.15, 0.2) is 36.4 Å². The maximum absolute atomic E-state index is 11.9. The highest BCUT2D eigenvalue weighted by atomic mass is 32.1. The van der Waals surface area contributed by atoms with Gasteiger partial charge >= 0.3 is 5.97 Å². The number of rotatable bonds is 9. The largest absolute Gasteiger partial charge is 0.491 e. The molecule has 6 nitrogen and oxygen atoms in total. The number of carbonyl (C=O) groups excluding carboxylic acids is 2. The molecule has 0 aliphatic heterocycles. The monoisotopic (exact) mass is 363 g/mol. The molecule has 7 heteroatoms. The molecule has 0 aliphatic rings. The molecule has 0 fully saturated rings. The van der Waals surface area contributed by atoms with Crippen molar-refractivity contribution in [3.05, 3.63) is 46.8 Å². The maximum atomic E-state index is 11.9. The zero-order chi connectivity index (χ0) is 18.1. The first-order chi connectivity index (χ1) is 12.1. The predicted molar refractivity (Wildman–Crippen MR) is 96.4 cm³/mol. The highest BCUT2D eigenvalue weighted by molar-refractivity contribution is 7.18. The van der Waals surface area contributed by atoms with Crippen molar-refractivity contribution in [1.29, 1.82) is 0 Å². The molecule has 0 radical (unpaired) electrons. The van der Waals surface area contributed by atoms with Crippen LogP contribution >= 0.6 is 11.3 Å². The normalized spacial score (nSPS) is 10.3. The van der Waals surface area contributed by atoms with Gasteiger partial charge in [-0.3, -0.25) is 4.79 Å². The number of nitrogens with one attached hydrogen (secondary N) is 1. The van der Waals surface area contributed by atoms with E-state index in [9.17, 15) is 9.59 Å². The summed E-state index contributed by atoms with van der Waals surface area (Å²) in [7, 11) is 0. The first kappa shape index (κ1) is 19.0. The third-order valence-electron chi connectivity index (χ3n) is 3.11. The number of anilines is 1. The third-order valence-corrected chi connectivity index (χ3v) is 4.25. The van der Waals surface area contributed by atoms with Crippen LogP contribution in [0.2, 0.25) is 0 Å². The van der Waals surface area contributed by atoms with Crippen molar-refractivity contribution in [3.8, 4) is 5.75 Å². The fraction of sp³-hybridized carbons (Fsp3) is 0.333. The van der Waals surface area contributed by atoms with Gasteiger partial charge in [-0.15, -0.1) is 11.3 Å². The van der Waals surface area contributed by atoms with Crippen molar-refractivity contribution < 1.29 is 23.8 Å². The summed E-state index contributed by atoms with van der Waals surface area (Å²) in [5, 5.41) is 3.31. The summed E-state index contributed by atoms with van der Waals surface area (Å²) in [6.07, 6.45) is 0. The zero-order valence-corrected chi connectivity index (χ0v) is 15.1. The molecule has 134 valence electrons. The van der Waals surface area contributed by atoms with Crippen molar-refractivity contribution in [3.63, 3.8) is 0 Å². The van der Waals surface area contributed by atoms with Crippen molar-refractivity contribution in [2.75, 3.05) is 31.7 Å². The molecule has 1 heterocycles. The fourth-order valence-corrected chi connectivity index (χ4v) is 3.00. The summed E-state index contributed by atoms with van der Waals surface area (Å²) in [6.45, 7) is 4.46. The minimum atomic E-state index is -0.375. The van der Waals surface area contributed by atoms with Crippen molar-refractivity contribution in [1.82, 2.24) is 0 Å². The zero-order valence-electron chi connectivity index (χ0n) is 14.2. The highest BCUT2D eigenvalue weighted by Gasteiger charge is 2.15. The quantitative estimate of drug-likeness (QED) is 0.547. The van der Waals surface area contributed by atoms with Gasteiger partial charge in [-0.25, -0.2) is 4.79 Å². The molecule has 25 heavy (non-hydrogen) atoms. The molecule has 0 unspecified atom stereocenters. The molecule has 0 saturated heterocycles. The number of thiophene rings is 1. The molecule has 2 rings (SSSR count). The average molecular weight is 363 g/mol. The topological polar surface area (TPSA) is 73.9 Å². The number of hydrogen-bond acceptors (Lipinski definition) is 6. The number of benzene rings is 1. The number of carbonyl (C=O) groups is 2. The molecule has 0 spiro atoms. The van der Waals surface area contributed by atoms with Gasteiger partial charge in [0, 0.05) is 0 Å². The van der Waals surface area contributed by atoms with E-state index in [1.807, 2.05) is 30.3 Å². The van der Waals surface area contributed by atoms with Gasteiger partial charge in [0.15, 0.2) is 0 Å². The molecule has 1 amide bonds. The SMILES string of the molecule is CCOC(=O)c1sc(NC(=O)COCCOc2ccccc2)cc1C. The van der Waals surface area contributed by atoms with Crippen LogP contribution in [0.4, 0.5) is 5.00 Å². The summed E-state index contributed by atoms with van der Waals surface area (Å²) in [5.74, 6) is 0.104. The lowest BCUT2D eigenvalue weighted by Gasteiger charge is -2.07. The minimum absolute atomic E-state index is 0.0795. The summed E-state index contributed by atoms with van der Waals surface area (Å²) < 4.78 is 15.7. The van der Waals surface area contributed by atoms with E-state index in [4.69, 9.17) is 14.2 Å². The lowest BCUT2D eigenvalue weighted by molar-refractivity contribution is -0.120. The second-order valence-electron chi connectivity index (χ2n) is 5.11. The highest BCUT2D eigenvalue weighted by Crippen LogP contribution is 2.27. The average Bonchev–Trinajstić information content (AvgIpc) is 2.96. The Bertz CT molecular complexity index is 699. The van der Waals surface area contributed by atoms with Gasteiger partial charge in [0.05, 0.1) is 18.2 Å². The molecule has 1 aromatic carbocycles. The Morgan fingerprint density at radius 3 is 2.64 bits per heavy atom. The molecular weight excluding hydrogens is 342 g/mol. The van der Waals surface area contributed by atoms with Crippen molar-refractivity contribution >= 4 is 28.2 Å². The lowest BCUT2D eigenvalue weighted by atomic mass is 10.3. The molecule has 1 N–H and O–H groups in total. The Balaban J connectivity index is 1.70. The summed E-state index contributed by atoms with van der Waals surface area (Å²) >= 11 is 1.19. The Morgan fingerprint density at radius 1 is 1.16 bits per heavy atom. The summed E-state index contributed by atoms with van der Waals surface area (Å²) in [4.78, 5) is 24.1. The third kappa shape index (κ3) is 6.21. The van der Waals surface area contributed by atoms with Gasteiger partial charge in [-0.05, 0) is 37.6 Å². The first-order valence-electron chi connectivity index (χ1n) is 7.93. The molecular formula is C18H21NO5S. The van der Waals surface area contributed by atoms with Gasteiger partial charge in [-0.1, -0.05) is 18.2 Å². The summed E-state index contributed by atoms with van der Waals surface area (Å²) in [5.41, 5.74) is 0.774. The molecule has 0 atom stereocenters. The number of ether oxygens (including phenoxy) is 3. The molecule has 0 aliphatic carbocycles. The Morgan fingerprint density at radius 2 is 1.92 bits per heavy atom. The van der Waals surface area contributed by atoms with Crippen LogP contribution in [0.1, 0.15) is 22.2 Å². The second kappa shape index (κ2) is 9.80. The van der Waals surface area contributed by atoms with E-state index in [0.717, 1.165) is 11.3 Å². The summed E-state index contributed by atoms with van der Waals surface area (Å²) in [6, 6.07) is 11.1. The van der Waals surface area contributed by atoms with Crippen LogP contribution in [0.25, 0.3) is 0 Å². The predicted octanol–water partition coefficient (Wildman–Crippen LogP) is 3.27. The molecule has 2 aromatic rings. The molecule has 0 saturated carbocycles. The van der Waals surface area contributed by atoms with E-state index in [0.29, 0.717) is 29.7 Å². The van der Waals surface area contributed by atoms with E-state index >= 15 is 0 Å². The van der Waals surface area contributed by atoms with Gasteiger partial charge in [0.2, 0.25) is 0 Å². The second-order valence-corrected chi connectivity index (χ2v) is 6.16. The van der Waals surface area contributed by atoms with Crippen molar-refractivity contribution in [2.24, 2.45) is 0 Å². The van der Waals surface area contributed by atoms with E-state index in [1.165, 1.54) is 11.3 Å². The van der Waals surface area contributed by atoms with Crippen LogP contribution in [0.3, 0.4) is 0 Å². The van der Waals surface area contributed by atoms with E-state index in [-0.39, 0.29) is 18.5 Å². The number of para-hydroxylation sites is 1. The minimum Gasteiger partial charge on any atom is -0.491 e. The van der Waals surface area contributed by atoms with Gasteiger partial charge in [0.1, 0.15) is 23.8 Å². The number of hydrogen-bond donors (Lipinski definition) is 1. The van der Waals surface area contributed by atoms with E-state index < -0.39 is 0 Å². The fourth-order valence-electron chi connectivity index (χ4n) is 2.02. The van der Waals surface area contributed by atoms with Gasteiger partial charge in [0.25, 0.3) is 5.91 Å². The van der Waals surface area contributed by atoms with Crippen LogP contribution in [-0.4, -0.2) is 38.3 Å². The number of aryl methyl sites for hydroxylation is 1. The van der Waals surface area contributed by atoms with Crippen molar-refractivity contribution in [2.45, 2.75) is 13.8 Å². The number of esters is 1. The van der Waals surface area contributed by atoms with Crippen LogP contribution in [-0.2, 0) is 14.3 Å². The standard InChI is InChI=1S/C18H21NO5S/c1-3-23-18(21)17-13(2)11-16(25-17)19-15(20)12-22-9-10-24-14-7-5-4-6-8-14/h4-8,11H,3,9-10,12H2,1-2H3,(H,19,20). The number of amides is 1. The maximum Gasteiger partial charge on any atom is 0.348 e. The van der Waals surface area contributed by atoms with Gasteiger partial charge < -0.3 is 19.5 Å². The van der Waals surface area contributed by atoms with Gasteiger partial charge in [-0.2, -0.15) is 0 Å². The Labute approximate surface area is 150 Å². The lowest BCUT2D eigenvalue weighted by Crippen LogP contribution is -2.19. The molecule has 1 aromatic heterocycles. The Kier molecular flexibility index (Phi) is 7.43. The Hall–Kier alpha value is -2.38. The smallest absolute Gasteiger partial charge is 0.348 e. The van der Waals surface area contributed by atoms with E-state index in [2.05, 4.69) is 5.32 Å². The first-order valence-corrected chi connectivity index (χ1v) is 8.74.